The van der Waals surface area contributed by atoms with Crippen LogP contribution in [0.4, 0.5) is 0 Å². The smallest absolute Gasteiger partial charge is 0.307 e. The fourth-order valence-corrected chi connectivity index (χ4v) is 2.90. The van der Waals surface area contributed by atoms with Gasteiger partial charge in [-0.3, -0.25) is 9.59 Å². The van der Waals surface area contributed by atoms with Crippen LogP contribution < -0.4 is 0 Å². The van der Waals surface area contributed by atoms with Gasteiger partial charge in [0.05, 0.1) is 11.8 Å². The zero-order chi connectivity index (χ0) is 13.7. The summed E-state index contributed by atoms with van der Waals surface area (Å²) in [4.78, 5) is 22.1. The second-order valence-corrected chi connectivity index (χ2v) is 5.89. The first-order chi connectivity index (χ1) is 8.41. The van der Waals surface area contributed by atoms with Crippen molar-refractivity contribution in [3.05, 3.63) is 0 Å². The molecule has 0 aliphatic heterocycles. The average molecular weight is 256 g/mol. The van der Waals surface area contributed by atoms with E-state index >= 15 is 0 Å². The molecule has 0 aromatic carbocycles. The lowest BCUT2D eigenvalue weighted by Gasteiger charge is -2.31. The molecule has 0 saturated heterocycles. The van der Waals surface area contributed by atoms with Gasteiger partial charge in [0.15, 0.2) is 0 Å². The van der Waals surface area contributed by atoms with Crippen molar-refractivity contribution in [1.29, 1.82) is 0 Å². The monoisotopic (exact) mass is 256 g/mol. The summed E-state index contributed by atoms with van der Waals surface area (Å²) in [6, 6.07) is 0. The number of carboxylic acids is 2. The topological polar surface area (TPSA) is 74.6 Å². The highest BCUT2D eigenvalue weighted by Gasteiger charge is 2.39. The second-order valence-electron chi connectivity index (χ2n) is 5.89. The lowest BCUT2D eigenvalue weighted by atomic mass is 9.72. The highest BCUT2D eigenvalue weighted by Crippen LogP contribution is 2.37. The Morgan fingerprint density at radius 1 is 1.11 bits per heavy atom. The number of carbonyl (C=O) groups is 2. The molecule has 0 aromatic heterocycles. The van der Waals surface area contributed by atoms with Crippen molar-refractivity contribution >= 4 is 11.9 Å². The molecule has 0 radical (unpaired) electrons. The summed E-state index contributed by atoms with van der Waals surface area (Å²) < 4.78 is 0. The zero-order valence-corrected chi connectivity index (χ0v) is 11.3. The van der Waals surface area contributed by atoms with Crippen molar-refractivity contribution in [1.82, 2.24) is 0 Å². The first kappa shape index (κ1) is 15.0. The molecule has 1 fully saturated rings. The Labute approximate surface area is 108 Å². The molecule has 18 heavy (non-hydrogen) atoms. The van der Waals surface area contributed by atoms with E-state index in [1.165, 1.54) is 0 Å². The highest BCUT2D eigenvalue weighted by atomic mass is 16.4. The largest absolute Gasteiger partial charge is 0.481 e. The van der Waals surface area contributed by atoms with Crippen LogP contribution in [-0.4, -0.2) is 22.2 Å². The molecule has 1 rings (SSSR count). The predicted octanol–water partition coefficient (Wildman–Crippen LogP) is 3.01. The van der Waals surface area contributed by atoms with Crippen LogP contribution in [0.3, 0.4) is 0 Å². The summed E-state index contributed by atoms with van der Waals surface area (Å²) in [6.45, 7) is 4.36. The highest BCUT2D eigenvalue weighted by molar-refractivity contribution is 5.80. The van der Waals surface area contributed by atoms with E-state index in [1.807, 2.05) is 0 Å². The van der Waals surface area contributed by atoms with Crippen LogP contribution in [0.2, 0.25) is 0 Å². The summed E-state index contributed by atoms with van der Waals surface area (Å²) in [5, 5.41) is 18.2. The summed E-state index contributed by atoms with van der Waals surface area (Å²) in [7, 11) is 0. The van der Waals surface area contributed by atoms with Crippen molar-refractivity contribution in [2.45, 2.75) is 52.4 Å². The number of carboxylic acid groups (broad SMARTS) is 2. The Morgan fingerprint density at radius 3 is 2.22 bits per heavy atom. The van der Waals surface area contributed by atoms with Crippen molar-refractivity contribution < 1.29 is 19.8 Å². The minimum absolute atomic E-state index is 0.389. The van der Waals surface area contributed by atoms with Gasteiger partial charge in [0, 0.05) is 0 Å². The third kappa shape index (κ3) is 4.31. The SMILES string of the molecule is CC(C)CCC[C@@H]1CC[C@H](C(=O)O)[C@@H](C(=O)O)C1. The Hall–Kier alpha value is -1.06. The third-order valence-electron chi connectivity index (χ3n) is 3.99. The van der Waals surface area contributed by atoms with Gasteiger partial charge >= 0.3 is 11.9 Å². The van der Waals surface area contributed by atoms with E-state index in [0.29, 0.717) is 24.7 Å². The Balaban J connectivity index is 2.47. The maximum atomic E-state index is 11.1. The molecule has 0 aromatic rings. The Kier molecular flexibility index (Phi) is 5.63. The van der Waals surface area contributed by atoms with Gasteiger partial charge in [0.2, 0.25) is 0 Å². The van der Waals surface area contributed by atoms with Crippen LogP contribution >= 0.6 is 0 Å². The quantitative estimate of drug-likeness (QED) is 0.766. The summed E-state index contributed by atoms with van der Waals surface area (Å²) in [5.41, 5.74) is 0. The maximum absolute atomic E-state index is 11.1. The summed E-state index contributed by atoms with van der Waals surface area (Å²) in [5.74, 6) is -2.22. The average Bonchev–Trinajstić information content (AvgIpc) is 2.28. The van der Waals surface area contributed by atoms with Gasteiger partial charge in [-0.25, -0.2) is 0 Å². The zero-order valence-electron chi connectivity index (χ0n) is 11.3. The minimum Gasteiger partial charge on any atom is -0.481 e. The summed E-state index contributed by atoms with van der Waals surface area (Å²) >= 11 is 0. The first-order valence-electron chi connectivity index (χ1n) is 6.87. The molecule has 0 bridgehead atoms. The lowest BCUT2D eigenvalue weighted by Crippen LogP contribution is -2.35. The number of hydrogen-bond donors (Lipinski definition) is 2. The van der Waals surface area contributed by atoms with Crippen molar-refractivity contribution in [2.75, 3.05) is 0 Å². The third-order valence-corrected chi connectivity index (χ3v) is 3.99. The molecule has 3 atom stereocenters. The van der Waals surface area contributed by atoms with Gasteiger partial charge in [-0.05, 0) is 31.1 Å². The maximum Gasteiger partial charge on any atom is 0.307 e. The molecule has 104 valence electrons. The van der Waals surface area contributed by atoms with E-state index in [4.69, 9.17) is 10.2 Å². The van der Waals surface area contributed by atoms with E-state index < -0.39 is 23.8 Å². The van der Waals surface area contributed by atoms with Crippen LogP contribution in [-0.2, 0) is 9.59 Å². The number of aliphatic carboxylic acids is 2. The molecule has 0 amide bonds. The minimum atomic E-state index is -0.956. The summed E-state index contributed by atoms with van der Waals surface area (Å²) in [6.07, 6.45) is 5.22. The van der Waals surface area contributed by atoms with Crippen molar-refractivity contribution in [3.63, 3.8) is 0 Å². The van der Waals surface area contributed by atoms with Crippen LogP contribution in [0.25, 0.3) is 0 Å². The molecule has 0 heterocycles. The van der Waals surface area contributed by atoms with Crippen molar-refractivity contribution in [3.8, 4) is 0 Å². The van der Waals surface area contributed by atoms with Crippen LogP contribution in [0.5, 0.6) is 0 Å². The molecule has 1 aliphatic rings. The van der Waals surface area contributed by atoms with Crippen LogP contribution in [0.15, 0.2) is 0 Å². The van der Waals surface area contributed by atoms with E-state index in [9.17, 15) is 9.59 Å². The van der Waals surface area contributed by atoms with Crippen LogP contribution in [0.1, 0.15) is 52.4 Å². The van der Waals surface area contributed by atoms with E-state index in [-0.39, 0.29) is 0 Å². The molecule has 0 unspecified atom stereocenters. The van der Waals surface area contributed by atoms with Gasteiger partial charge in [-0.2, -0.15) is 0 Å². The Bertz CT molecular complexity index is 298. The molecule has 1 aliphatic carbocycles. The van der Waals surface area contributed by atoms with E-state index in [1.54, 1.807) is 0 Å². The number of rotatable bonds is 6. The Morgan fingerprint density at radius 2 is 1.72 bits per heavy atom. The molecular formula is C14H24O4. The van der Waals surface area contributed by atoms with Gasteiger partial charge in [0.1, 0.15) is 0 Å². The van der Waals surface area contributed by atoms with Gasteiger partial charge < -0.3 is 10.2 Å². The van der Waals surface area contributed by atoms with Crippen molar-refractivity contribution in [2.24, 2.45) is 23.7 Å². The van der Waals surface area contributed by atoms with E-state index in [0.717, 1.165) is 25.7 Å². The predicted molar refractivity (Wildman–Crippen MR) is 68.3 cm³/mol. The molecule has 1 saturated carbocycles. The number of hydrogen-bond acceptors (Lipinski definition) is 2. The normalized spacial score (nSPS) is 28.3. The van der Waals surface area contributed by atoms with Gasteiger partial charge in [0.25, 0.3) is 0 Å². The fraction of sp³-hybridized carbons (Fsp3) is 0.857. The van der Waals surface area contributed by atoms with E-state index in [2.05, 4.69) is 13.8 Å². The molecule has 4 heteroatoms. The second kappa shape index (κ2) is 6.76. The molecule has 2 N–H and O–H groups in total. The van der Waals surface area contributed by atoms with Gasteiger partial charge in [-0.1, -0.05) is 33.1 Å². The fourth-order valence-electron chi connectivity index (χ4n) is 2.90. The first-order valence-corrected chi connectivity index (χ1v) is 6.87. The van der Waals surface area contributed by atoms with Gasteiger partial charge in [-0.15, -0.1) is 0 Å². The lowest BCUT2D eigenvalue weighted by molar-refractivity contribution is -0.156. The van der Waals surface area contributed by atoms with Crippen LogP contribution in [0, 0.1) is 23.7 Å². The molecule has 4 nitrogen and oxygen atoms in total. The molecular weight excluding hydrogens is 232 g/mol. The molecule has 0 spiro atoms. The standard InChI is InChI=1S/C14H24O4/c1-9(2)4-3-5-10-6-7-11(13(15)16)12(8-10)14(17)18/h9-12H,3-8H2,1-2H3,(H,15,16)(H,17,18)/t10-,11+,12+/m1/s1.